The highest BCUT2D eigenvalue weighted by Crippen LogP contribution is 2.29. The number of nitrogens with zero attached hydrogens (tertiary/aromatic N) is 2. The Labute approximate surface area is 210 Å². The van der Waals surface area contributed by atoms with Crippen LogP contribution in [0.4, 0.5) is 10.5 Å². The number of nitroso groups, excluding NO2 is 1. The molecule has 1 saturated carbocycles. The molecule has 0 aromatic heterocycles. The average Bonchev–Trinajstić information content (AvgIpc) is 3.69. The van der Waals surface area contributed by atoms with Crippen LogP contribution in [0.3, 0.4) is 0 Å². The fraction of sp³-hybridized carbons (Fsp3) is 0.440. The predicted octanol–water partition coefficient (Wildman–Crippen LogP) is 4.57. The molecular weight excluding hydrogens is 470 g/mol. The van der Waals surface area contributed by atoms with E-state index in [0.29, 0.717) is 10.9 Å². The van der Waals surface area contributed by atoms with Crippen LogP contribution in [0.15, 0.2) is 53.7 Å². The van der Waals surface area contributed by atoms with Gasteiger partial charge in [-0.25, -0.2) is 4.79 Å². The maximum absolute atomic E-state index is 13.2. The first kappa shape index (κ1) is 26.4. The third kappa shape index (κ3) is 7.93. The van der Waals surface area contributed by atoms with E-state index in [2.05, 4.69) is 21.1 Å². The van der Waals surface area contributed by atoms with Crippen molar-refractivity contribution in [1.29, 1.82) is 0 Å². The van der Waals surface area contributed by atoms with Gasteiger partial charge in [-0.15, -0.1) is 4.91 Å². The number of amides is 3. The number of hydrogen-bond acceptors (Lipinski definition) is 6. The lowest BCUT2D eigenvalue weighted by atomic mass is 9.93. The van der Waals surface area contributed by atoms with Gasteiger partial charge in [0.2, 0.25) is 0 Å². The molecule has 3 amide bonds. The van der Waals surface area contributed by atoms with E-state index >= 15 is 0 Å². The number of rotatable bonds is 12. The van der Waals surface area contributed by atoms with Crippen LogP contribution in [-0.4, -0.2) is 43.3 Å². The lowest BCUT2D eigenvalue weighted by molar-refractivity contribution is -0.125. The third-order valence-electron chi connectivity index (χ3n) is 5.80. The lowest BCUT2D eigenvalue weighted by Gasteiger charge is -2.33. The first-order valence-electron chi connectivity index (χ1n) is 11.5. The quantitative estimate of drug-likeness (QED) is 0.290. The van der Waals surface area contributed by atoms with Crippen molar-refractivity contribution in [2.45, 2.75) is 39.5 Å². The highest BCUT2D eigenvalue weighted by atomic mass is 35.5. The first-order valence-corrected chi connectivity index (χ1v) is 11.9. The van der Waals surface area contributed by atoms with Crippen LogP contribution in [0.1, 0.15) is 32.3 Å². The smallest absolute Gasteiger partial charge is 0.320 e. The molecule has 1 atom stereocenters. The second-order valence-electron chi connectivity index (χ2n) is 9.31. The van der Waals surface area contributed by atoms with E-state index in [9.17, 15) is 14.5 Å². The summed E-state index contributed by atoms with van der Waals surface area (Å²) >= 11 is 6.01. The first-order chi connectivity index (χ1) is 16.7. The molecule has 1 aliphatic rings. The van der Waals surface area contributed by atoms with E-state index in [1.165, 1.54) is 12.8 Å². The van der Waals surface area contributed by atoms with Crippen molar-refractivity contribution in [2.24, 2.45) is 16.5 Å². The van der Waals surface area contributed by atoms with Crippen molar-refractivity contribution in [3.05, 3.63) is 64.0 Å². The van der Waals surface area contributed by atoms with Crippen LogP contribution in [0.5, 0.6) is 5.75 Å². The number of carbonyl (C=O) groups excluding carboxylic acids is 2. The largest absolute Gasteiger partial charge is 0.493 e. The SMILES string of the molecule is CNC(Nc1ccc(OCC2CC2)cc1)N(Cc1ccc(Cl)cc1)C(=O)NCC(C)(C)C(=O)N=O. The van der Waals surface area contributed by atoms with E-state index in [-0.39, 0.29) is 13.1 Å². The van der Waals surface area contributed by atoms with Gasteiger partial charge in [-0.3, -0.25) is 15.0 Å². The van der Waals surface area contributed by atoms with E-state index < -0.39 is 23.6 Å². The van der Waals surface area contributed by atoms with E-state index in [1.54, 1.807) is 37.9 Å². The fourth-order valence-corrected chi connectivity index (χ4v) is 3.40. The topological polar surface area (TPSA) is 112 Å². The molecule has 0 aliphatic heterocycles. The molecule has 2 aromatic carbocycles. The van der Waals surface area contributed by atoms with Crippen LogP contribution in [0.2, 0.25) is 5.02 Å². The Hall–Kier alpha value is -3.17. The molecule has 1 fully saturated rings. The predicted molar refractivity (Wildman–Crippen MR) is 136 cm³/mol. The number of anilines is 1. The van der Waals surface area contributed by atoms with Gasteiger partial charge in [0.05, 0.1) is 18.6 Å². The molecule has 0 bridgehead atoms. The average molecular weight is 502 g/mol. The summed E-state index contributed by atoms with van der Waals surface area (Å²) in [6.45, 7) is 4.06. The second kappa shape index (κ2) is 12.0. The van der Waals surface area contributed by atoms with Gasteiger partial charge in [-0.05, 0) is 81.6 Å². The molecule has 0 radical (unpaired) electrons. The molecule has 10 heteroatoms. The lowest BCUT2D eigenvalue weighted by Crippen LogP contribution is -2.56. The summed E-state index contributed by atoms with van der Waals surface area (Å²) < 4.78 is 5.80. The number of ether oxygens (including phenoxy) is 1. The molecule has 3 rings (SSSR count). The molecule has 0 saturated heterocycles. The molecule has 0 spiro atoms. The van der Waals surface area contributed by atoms with Crippen molar-refractivity contribution in [3.8, 4) is 5.75 Å². The highest BCUT2D eigenvalue weighted by Gasteiger charge is 2.31. The Kier molecular flexibility index (Phi) is 9.06. The second-order valence-corrected chi connectivity index (χ2v) is 9.74. The summed E-state index contributed by atoms with van der Waals surface area (Å²) in [6, 6.07) is 14.3. The number of carbonyl (C=O) groups is 2. The van der Waals surface area contributed by atoms with Crippen molar-refractivity contribution in [2.75, 3.05) is 25.5 Å². The summed E-state index contributed by atoms with van der Waals surface area (Å²) in [5.74, 6) is 0.647. The highest BCUT2D eigenvalue weighted by molar-refractivity contribution is 6.30. The molecule has 3 N–H and O–H groups in total. The van der Waals surface area contributed by atoms with Crippen molar-refractivity contribution < 1.29 is 14.3 Å². The summed E-state index contributed by atoms with van der Waals surface area (Å²) in [6.07, 6.45) is 1.87. The summed E-state index contributed by atoms with van der Waals surface area (Å²) in [5.41, 5.74) is 0.528. The summed E-state index contributed by atoms with van der Waals surface area (Å²) in [4.78, 5) is 37.3. The van der Waals surface area contributed by atoms with Gasteiger partial charge >= 0.3 is 6.03 Å². The zero-order valence-corrected chi connectivity index (χ0v) is 21.0. The van der Waals surface area contributed by atoms with Crippen molar-refractivity contribution in [3.63, 3.8) is 0 Å². The summed E-state index contributed by atoms with van der Waals surface area (Å²) in [5, 5.41) is 12.3. The van der Waals surface area contributed by atoms with Crippen LogP contribution in [-0.2, 0) is 11.3 Å². The Morgan fingerprint density at radius 2 is 1.80 bits per heavy atom. The van der Waals surface area contributed by atoms with Crippen molar-refractivity contribution in [1.82, 2.24) is 15.5 Å². The monoisotopic (exact) mass is 501 g/mol. The Balaban J connectivity index is 1.72. The Morgan fingerprint density at radius 3 is 2.37 bits per heavy atom. The van der Waals surface area contributed by atoms with Gasteiger partial charge in [0.25, 0.3) is 5.91 Å². The van der Waals surface area contributed by atoms with Gasteiger partial charge in [-0.1, -0.05) is 23.7 Å². The minimum atomic E-state index is -1.12. The van der Waals surface area contributed by atoms with Gasteiger partial charge in [0.15, 0.2) is 6.29 Å². The maximum atomic E-state index is 13.2. The van der Waals surface area contributed by atoms with E-state index in [4.69, 9.17) is 16.3 Å². The van der Waals surface area contributed by atoms with Crippen LogP contribution in [0, 0.1) is 16.2 Å². The van der Waals surface area contributed by atoms with E-state index in [1.807, 2.05) is 36.4 Å². The molecule has 0 heterocycles. The Bertz CT molecular complexity index is 1010. The number of benzene rings is 2. The molecule has 1 unspecified atom stereocenters. The third-order valence-corrected chi connectivity index (χ3v) is 6.05. The zero-order chi connectivity index (χ0) is 25.4. The van der Waals surface area contributed by atoms with Crippen LogP contribution >= 0.6 is 11.6 Å². The normalized spacial score (nSPS) is 14.1. The van der Waals surface area contributed by atoms with Gasteiger partial charge in [-0.2, -0.15) is 0 Å². The van der Waals surface area contributed by atoms with Gasteiger partial charge in [0.1, 0.15) is 5.75 Å². The Morgan fingerprint density at radius 1 is 1.14 bits per heavy atom. The molecule has 2 aromatic rings. The number of urea groups is 1. The minimum absolute atomic E-state index is 0.0447. The molecular formula is C25H32ClN5O4. The maximum Gasteiger partial charge on any atom is 0.320 e. The molecule has 1 aliphatic carbocycles. The number of nitrogens with one attached hydrogen (secondary N) is 3. The van der Waals surface area contributed by atoms with Crippen LogP contribution in [0.25, 0.3) is 0 Å². The molecule has 9 nitrogen and oxygen atoms in total. The standard InChI is InChI=1S/C25H32ClN5O4/c1-25(2,22(32)30-34)16-28-24(33)31(14-17-6-8-19(26)9-7-17)23(27-3)29-20-10-12-21(13-11-20)35-15-18-4-5-18/h6-13,18,23,27,29H,4-5,14-16H2,1-3H3,(H,28,33). The minimum Gasteiger partial charge on any atom is -0.493 e. The van der Waals surface area contributed by atoms with E-state index in [0.717, 1.165) is 23.6 Å². The number of hydrogen-bond donors (Lipinski definition) is 3. The summed E-state index contributed by atoms with van der Waals surface area (Å²) in [7, 11) is 1.73. The molecule has 188 valence electrons. The van der Waals surface area contributed by atoms with Crippen LogP contribution < -0.4 is 20.7 Å². The van der Waals surface area contributed by atoms with Gasteiger partial charge in [0, 0.05) is 22.4 Å². The van der Waals surface area contributed by atoms with Crippen molar-refractivity contribution >= 4 is 29.2 Å². The molecule has 35 heavy (non-hydrogen) atoms. The van der Waals surface area contributed by atoms with Gasteiger partial charge < -0.3 is 15.4 Å². The number of halogens is 1. The fourth-order valence-electron chi connectivity index (χ4n) is 3.27. The zero-order valence-electron chi connectivity index (χ0n) is 20.2.